The molecule has 0 heterocycles. The molecule has 0 aliphatic carbocycles. The summed E-state index contributed by atoms with van der Waals surface area (Å²) in [6.07, 6.45) is -2.77. The van der Waals surface area contributed by atoms with E-state index in [1.54, 1.807) is 7.05 Å². The molecule has 0 saturated carbocycles. The number of hydrogen-bond acceptors (Lipinski definition) is 3. The van der Waals surface area contributed by atoms with Gasteiger partial charge < -0.3 is 5.32 Å². The summed E-state index contributed by atoms with van der Waals surface area (Å²) in [5.41, 5.74) is 0.332. The number of nitrogens with one attached hydrogen (secondary N) is 1. The van der Waals surface area contributed by atoms with Gasteiger partial charge in [0.1, 0.15) is 5.82 Å². The van der Waals surface area contributed by atoms with Gasteiger partial charge in [0.25, 0.3) is 6.43 Å². The minimum atomic E-state index is -4.06. The van der Waals surface area contributed by atoms with E-state index in [2.05, 4.69) is 5.32 Å². The van der Waals surface area contributed by atoms with Crippen molar-refractivity contribution in [2.75, 3.05) is 20.6 Å². The van der Waals surface area contributed by atoms with Crippen molar-refractivity contribution in [1.29, 1.82) is 0 Å². The van der Waals surface area contributed by atoms with E-state index in [1.165, 1.54) is 6.92 Å². The number of alkyl halides is 2. The number of rotatable bonds is 6. The largest absolute Gasteiger partial charge is 0.316 e. The Bertz CT molecular complexity index is 576. The van der Waals surface area contributed by atoms with Gasteiger partial charge in [-0.25, -0.2) is 21.6 Å². The van der Waals surface area contributed by atoms with Gasteiger partial charge >= 0.3 is 0 Å². The maximum atomic E-state index is 13.8. The van der Waals surface area contributed by atoms with Crippen LogP contribution in [0.3, 0.4) is 0 Å². The van der Waals surface area contributed by atoms with Gasteiger partial charge in [0.15, 0.2) is 0 Å². The van der Waals surface area contributed by atoms with E-state index in [-0.39, 0.29) is 22.6 Å². The van der Waals surface area contributed by atoms with E-state index in [0.29, 0.717) is 4.31 Å². The van der Waals surface area contributed by atoms with Crippen LogP contribution in [0.5, 0.6) is 0 Å². The average molecular weight is 310 g/mol. The minimum absolute atomic E-state index is 0.147. The molecule has 1 rings (SSSR count). The number of hydrogen-bond donors (Lipinski definition) is 1. The van der Waals surface area contributed by atoms with E-state index in [0.717, 1.165) is 19.2 Å². The highest BCUT2D eigenvalue weighted by molar-refractivity contribution is 7.89. The fourth-order valence-corrected chi connectivity index (χ4v) is 3.03. The number of sulfonamides is 1. The van der Waals surface area contributed by atoms with Crippen LogP contribution in [-0.2, 0) is 16.6 Å². The number of aryl methyl sites for hydroxylation is 1. The molecule has 0 aliphatic heterocycles. The highest BCUT2D eigenvalue weighted by Gasteiger charge is 2.25. The lowest BCUT2D eigenvalue weighted by Crippen LogP contribution is -2.31. The van der Waals surface area contributed by atoms with Crippen molar-refractivity contribution in [2.45, 2.75) is 24.8 Å². The van der Waals surface area contributed by atoms with Crippen LogP contribution in [0.2, 0.25) is 0 Å². The second-order valence-corrected chi connectivity index (χ2v) is 6.47. The third-order valence-electron chi connectivity index (χ3n) is 2.77. The first kappa shape index (κ1) is 16.9. The van der Waals surface area contributed by atoms with Gasteiger partial charge in [0.2, 0.25) is 10.0 Å². The van der Waals surface area contributed by atoms with E-state index < -0.39 is 28.8 Å². The molecule has 0 radical (unpaired) electrons. The van der Waals surface area contributed by atoms with Crippen molar-refractivity contribution in [3.8, 4) is 0 Å². The van der Waals surface area contributed by atoms with Crippen LogP contribution < -0.4 is 5.32 Å². The summed E-state index contributed by atoms with van der Waals surface area (Å²) in [6.45, 7) is 0.676. The molecule has 20 heavy (non-hydrogen) atoms. The summed E-state index contributed by atoms with van der Waals surface area (Å²) in [5.74, 6) is -0.505. The van der Waals surface area contributed by atoms with Gasteiger partial charge in [0.05, 0.1) is 11.4 Å². The van der Waals surface area contributed by atoms with Crippen LogP contribution in [0.1, 0.15) is 11.1 Å². The number of benzene rings is 1. The number of halogens is 3. The second kappa shape index (κ2) is 6.55. The molecule has 8 heteroatoms. The van der Waals surface area contributed by atoms with Crippen LogP contribution in [0, 0.1) is 12.7 Å². The maximum Gasteiger partial charge on any atom is 0.252 e. The lowest BCUT2D eigenvalue weighted by Gasteiger charge is -2.18. The van der Waals surface area contributed by atoms with E-state index in [4.69, 9.17) is 0 Å². The fourth-order valence-electron chi connectivity index (χ4n) is 1.75. The third-order valence-corrected chi connectivity index (χ3v) is 4.58. The molecule has 4 nitrogen and oxygen atoms in total. The Morgan fingerprint density at radius 2 is 1.95 bits per heavy atom. The molecular formula is C12H17F3N2O2S. The first-order chi connectivity index (χ1) is 9.20. The van der Waals surface area contributed by atoms with Gasteiger partial charge in [0, 0.05) is 19.2 Å². The molecule has 0 aliphatic rings. The first-order valence-corrected chi connectivity index (χ1v) is 7.32. The summed E-state index contributed by atoms with van der Waals surface area (Å²) < 4.78 is 63.2. The topological polar surface area (TPSA) is 49.4 Å². The molecule has 1 aromatic carbocycles. The summed E-state index contributed by atoms with van der Waals surface area (Å²) in [4.78, 5) is -0.190. The molecule has 1 N–H and O–H groups in total. The average Bonchev–Trinajstić information content (AvgIpc) is 2.33. The van der Waals surface area contributed by atoms with E-state index in [1.807, 2.05) is 0 Å². The molecule has 0 unspecified atom stereocenters. The highest BCUT2D eigenvalue weighted by atomic mass is 32.2. The highest BCUT2D eigenvalue weighted by Crippen LogP contribution is 2.22. The lowest BCUT2D eigenvalue weighted by molar-refractivity contribution is 0.126. The molecule has 1 aromatic rings. The Hall–Kier alpha value is -1.12. The zero-order chi connectivity index (χ0) is 15.5. The molecule has 0 atom stereocenters. The van der Waals surface area contributed by atoms with E-state index in [9.17, 15) is 21.6 Å². The predicted molar refractivity (Wildman–Crippen MR) is 69.7 cm³/mol. The molecule has 0 amide bonds. The lowest BCUT2D eigenvalue weighted by atomic mass is 10.1. The molecular weight excluding hydrogens is 293 g/mol. The molecule has 0 saturated heterocycles. The van der Waals surface area contributed by atoms with Crippen LogP contribution >= 0.6 is 0 Å². The fraction of sp³-hybridized carbons (Fsp3) is 0.500. The van der Waals surface area contributed by atoms with Crippen LogP contribution in [0.25, 0.3) is 0 Å². The number of nitrogens with zero attached hydrogens (tertiary/aromatic N) is 1. The van der Waals surface area contributed by atoms with Crippen molar-refractivity contribution in [1.82, 2.24) is 9.62 Å². The molecule has 114 valence electrons. The minimum Gasteiger partial charge on any atom is -0.316 e. The Labute approximate surface area is 116 Å². The molecule has 0 fully saturated rings. The van der Waals surface area contributed by atoms with Crippen LogP contribution in [0.4, 0.5) is 13.2 Å². The van der Waals surface area contributed by atoms with Crippen molar-refractivity contribution in [2.24, 2.45) is 0 Å². The Morgan fingerprint density at radius 3 is 2.45 bits per heavy atom. The zero-order valence-corrected chi connectivity index (χ0v) is 12.3. The summed E-state index contributed by atoms with van der Waals surface area (Å²) in [5, 5.41) is 2.72. The van der Waals surface area contributed by atoms with Crippen molar-refractivity contribution in [3.05, 3.63) is 29.1 Å². The van der Waals surface area contributed by atoms with Crippen molar-refractivity contribution >= 4 is 10.0 Å². The zero-order valence-electron chi connectivity index (χ0n) is 11.5. The second-order valence-electron chi connectivity index (χ2n) is 4.42. The Morgan fingerprint density at radius 1 is 1.35 bits per heavy atom. The third kappa shape index (κ3) is 3.71. The molecule has 0 aromatic heterocycles. The smallest absolute Gasteiger partial charge is 0.252 e. The summed E-state index contributed by atoms with van der Waals surface area (Å²) >= 11 is 0. The first-order valence-electron chi connectivity index (χ1n) is 5.88. The van der Waals surface area contributed by atoms with Gasteiger partial charge in [-0.05, 0) is 31.7 Å². The van der Waals surface area contributed by atoms with Crippen molar-refractivity contribution < 1.29 is 21.6 Å². The Kier molecular flexibility index (Phi) is 5.55. The monoisotopic (exact) mass is 310 g/mol. The summed E-state index contributed by atoms with van der Waals surface area (Å²) in [7, 11) is -1.39. The van der Waals surface area contributed by atoms with Gasteiger partial charge in [-0.2, -0.15) is 4.31 Å². The summed E-state index contributed by atoms with van der Waals surface area (Å²) in [6, 6.07) is 2.31. The maximum absolute atomic E-state index is 13.8. The van der Waals surface area contributed by atoms with E-state index >= 15 is 0 Å². The normalized spacial score (nSPS) is 12.4. The van der Waals surface area contributed by atoms with Gasteiger partial charge in [-0.3, -0.25) is 0 Å². The Balaban J connectivity index is 3.25. The van der Waals surface area contributed by atoms with Gasteiger partial charge in [-0.15, -0.1) is 0 Å². The van der Waals surface area contributed by atoms with Crippen molar-refractivity contribution in [3.63, 3.8) is 0 Å². The SMILES string of the molecule is CNCc1cc(S(=O)(=O)N(C)CC(F)F)cc(C)c1F. The molecule has 0 spiro atoms. The standard InChI is InChI=1S/C12H17F3N2O2S/c1-8-4-10(5-9(6-16-2)12(8)15)20(18,19)17(3)7-11(13)14/h4-5,11,16H,6-7H2,1-3H3. The predicted octanol–water partition coefficient (Wildman–Crippen LogP) is 1.74. The van der Waals surface area contributed by atoms with Crippen LogP contribution in [-0.4, -0.2) is 39.8 Å². The molecule has 0 bridgehead atoms. The van der Waals surface area contributed by atoms with Crippen LogP contribution in [0.15, 0.2) is 17.0 Å². The quantitative estimate of drug-likeness (QED) is 0.871. The van der Waals surface area contributed by atoms with Gasteiger partial charge in [-0.1, -0.05) is 0 Å².